The predicted molar refractivity (Wildman–Crippen MR) is 38.8 cm³/mol. The molecule has 2 aliphatic rings. The summed E-state index contributed by atoms with van der Waals surface area (Å²) in [6.07, 6.45) is 1.89. The SMILES string of the molecule is O=C1C[C@H]2CNC(=O)C[C@H]2C1. The van der Waals surface area contributed by atoms with Gasteiger partial charge in [0.05, 0.1) is 0 Å². The lowest BCUT2D eigenvalue weighted by Gasteiger charge is -2.24. The molecule has 1 amide bonds. The van der Waals surface area contributed by atoms with Crippen molar-refractivity contribution < 1.29 is 9.59 Å². The summed E-state index contributed by atoms with van der Waals surface area (Å²) in [5.41, 5.74) is 0. The third kappa shape index (κ3) is 1.15. The minimum absolute atomic E-state index is 0.112. The predicted octanol–water partition coefficient (Wildman–Crippen LogP) is 0.102. The third-order valence-corrected chi connectivity index (χ3v) is 2.66. The van der Waals surface area contributed by atoms with Gasteiger partial charge < -0.3 is 5.32 Å². The van der Waals surface area contributed by atoms with E-state index >= 15 is 0 Å². The second-order valence-corrected chi connectivity index (χ2v) is 3.48. The molecule has 1 N–H and O–H groups in total. The zero-order valence-electron chi connectivity index (χ0n) is 6.30. The van der Waals surface area contributed by atoms with Gasteiger partial charge in [-0.3, -0.25) is 9.59 Å². The van der Waals surface area contributed by atoms with E-state index in [-0.39, 0.29) is 5.91 Å². The van der Waals surface area contributed by atoms with Gasteiger partial charge in [0.2, 0.25) is 5.91 Å². The molecule has 2 fully saturated rings. The van der Waals surface area contributed by atoms with E-state index in [2.05, 4.69) is 5.32 Å². The van der Waals surface area contributed by atoms with Crippen LogP contribution in [-0.4, -0.2) is 18.2 Å². The summed E-state index contributed by atoms with van der Waals surface area (Å²) >= 11 is 0. The van der Waals surface area contributed by atoms with Gasteiger partial charge in [0, 0.05) is 25.8 Å². The highest BCUT2D eigenvalue weighted by atomic mass is 16.1. The van der Waals surface area contributed by atoms with E-state index < -0.39 is 0 Å². The Kier molecular flexibility index (Phi) is 1.44. The van der Waals surface area contributed by atoms with Gasteiger partial charge in [0.15, 0.2) is 0 Å². The molecule has 0 radical (unpaired) electrons. The van der Waals surface area contributed by atoms with Crippen LogP contribution in [0.25, 0.3) is 0 Å². The van der Waals surface area contributed by atoms with Crippen LogP contribution in [0.5, 0.6) is 0 Å². The molecule has 0 spiro atoms. The molecule has 0 bridgehead atoms. The van der Waals surface area contributed by atoms with Crippen molar-refractivity contribution in [2.24, 2.45) is 11.8 Å². The number of fused-ring (bicyclic) bond motifs is 1. The van der Waals surface area contributed by atoms with Crippen LogP contribution in [0.4, 0.5) is 0 Å². The standard InChI is InChI=1S/C8H11NO2/c10-7-1-5-3-8(11)9-4-6(5)2-7/h5-6H,1-4H2,(H,9,11)/t5-,6+/m1/s1. The molecular formula is C8H11NO2. The molecule has 0 aromatic heterocycles. The molecule has 0 aromatic rings. The zero-order valence-corrected chi connectivity index (χ0v) is 6.30. The second kappa shape index (κ2) is 2.32. The van der Waals surface area contributed by atoms with Crippen molar-refractivity contribution in [1.82, 2.24) is 5.32 Å². The first-order valence-electron chi connectivity index (χ1n) is 4.04. The summed E-state index contributed by atoms with van der Waals surface area (Å²) in [6, 6.07) is 0. The Labute approximate surface area is 65.2 Å². The number of rotatable bonds is 0. The molecule has 1 saturated heterocycles. The van der Waals surface area contributed by atoms with Crippen molar-refractivity contribution >= 4 is 11.7 Å². The van der Waals surface area contributed by atoms with Gasteiger partial charge in [-0.2, -0.15) is 0 Å². The summed E-state index contributed by atoms with van der Waals surface area (Å²) in [4.78, 5) is 21.9. The number of Topliss-reactive ketones (excluding diaryl/α,β-unsaturated/α-hetero) is 1. The van der Waals surface area contributed by atoms with Crippen LogP contribution < -0.4 is 5.32 Å². The number of hydrogen-bond donors (Lipinski definition) is 1. The van der Waals surface area contributed by atoms with Crippen molar-refractivity contribution in [3.63, 3.8) is 0 Å². The lowest BCUT2D eigenvalue weighted by Crippen LogP contribution is -2.38. The molecule has 1 heterocycles. The van der Waals surface area contributed by atoms with Crippen LogP contribution in [0.15, 0.2) is 0 Å². The van der Waals surface area contributed by atoms with Gasteiger partial charge in [-0.25, -0.2) is 0 Å². The summed E-state index contributed by atoms with van der Waals surface area (Å²) < 4.78 is 0. The second-order valence-electron chi connectivity index (χ2n) is 3.48. The first kappa shape index (κ1) is 6.83. The van der Waals surface area contributed by atoms with E-state index in [1.165, 1.54) is 0 Å². The lowest BCUT2D eigenvalue weighted by molar-refractivity contribution is -0.124. The van der Waals surface area contributed by atoms with E-state index in [4.69, 9.17) is 0 Å². The van der Waals surface area contributed by atoms with Gasteiger partial charge in [-0.1, -0.05) is 0 Å². The van der Waals surface area contributed by atoms with E-state index in [0.29, 0.717) is 36.9 Å². The average Bonchev–Trinajstić information content (AvgIpc) is 2.27. The van der Waals surface area contributed by atoms with Crippen molar-refractivity contribution in [2.45, 2.75) is 19.3 Å². The number of piperidine rings is 1. The molecule has 60 valence electrons. The summed E-state index contributed by atoms with van der Waals surface area (Å²) in [6.45, 7) is 0.717. The summed E-state index contributed by atoms with van der Waals surface area (Å²) in [5.74, 6) is 1.24. The maximum absolute atomic E-state index is 11.0. The Morgan fingerprint density at radius 3 is 2.64 bits per heavy atom. The maximum Gasteiger partial charge on any atom is 0.220 e. The van der Waals surface area contributed by atoms with Gasteiger partial charge in [-0.15, -0.1) is 0 Å². The Morgan fingerprint density at radius 2 is 1.82 bits per heavy atom. The van der Waals surface area contributed by atoms with Crippen LogP contribution in [0.2, 0.25) is 0 Å². The van der Waals surface area contributed by atoms with Crippen LogP contribution in [0.1, 0.15) is 19.3 Å². The Hall–Kier alpha value is -0.860. The van der Waals surface area contributed by atoms with Gasteiger partial charge in [-0.05, 0) is 11.8 Å². The summed E-state index contributed by atoms with van der Waals surface area (Å²) in [7, 11) is 0. The normalized spacial score (nSPS) is 36.7. The highest BCUT2D eigenvalue weighted by Gasteiger charge is 2.36. The molecule has 0 unspecified atom stereocenters. The third-order valence-electron chi connectivity index (χ3n) is 2.66. The number of carbonyl (C=O) groups excluding carboxylic acids is 2. The quantitative estimate of drug-likeness (QED) is 0.536. The molecule has 1 aliphatic heterocycles. The average molecular weight is 153 g/mol. The van der Waals surface area contributed by atoms with Crippen molar-refractivity contribution in [3.05, 3.63) is 0 Å². The molecule has 2 atom stereocenters. The molecule has 11 heavy (non-hydrogen) atoms. The molecule has 2 rings (SSSR count). The molecular weight excluding hydrogens is 142 g/mol. The van der Waals surface area contributed by atoms with E-state index in [1.54, 1.807) is 0 Å². The topological polar surface area (TPSA) is 46.2 Å². The Bertz CT molecular complexity index is 210. The van der Waals surface area contributed by atoms with Crippen LogP contribution >= 0.6 is 0 Å². The van der Waals surface area contributed by atoms with Crippen LogP contribution in [0, 0.1) is 11.8 Å². The monoisotopic (exact) mass is 153 g/mol. The van der Waals surface area contributed by atoms with E-state index in [1.807, 2.05) is 0 Å². The van der Waals surface area contributed by atoms with Gasteiger partial charge >= 0.3 is 0 Å². The minimum Gasteiger partial charge on any atom is -0.356 e. The summed E-state index contributed by atoms with van der Waals surface area (Å²) in [5, 5.41) is 2.78. The fourth-order valence-corrected chi connectivity index (χ4v) is 2.03. The molecule has 1 aliphatic carbocycles. The number of ketones is 1. The maximum atomic E-state index is 11.0. The molecule has 1 saturated carbocycles. The zero-order chi connectivity index (χ0) is 7.84. The highest BCUT2D eigenvalue weighted by molar-refractivity contribution is 5.84. The van der Waals surface area contributed by atoms with E-state index in [0.717, 1.165) is 6.54 Å². The van der Waals surface area contributed by atoms with Crippen molar-refractivity contribution in [1.29, 1.82) is 0 Å². The fourth-order valence-electron chi connectivity index (χ4n) is 2.03. The first-order valence-corrected chi connectivity index (χ1v) is 4.04. The molecule has 3 heteroatoms. The lowest BCUT2D eigenvalue weighted by atomic mass is 9.89. The number of hydrogen-bond acceptors (Lipinski definition) is 2. The van der Waals surface area contributed by atoms with Gasteiger partial charge in [0.1, 0.15) is 5.78 Å². The molecule has 3 nitrogen and oxygen atoms in total. The largest absolute Gasteiger partial charge is 0.356 e. The van der Waals surface area contributed by atoms with Crippen LogP contribution in [-0.2, 0) is 9.59 Å². The molecule has 0 aromatic carbocycles. The Morgan fingerprint density at radius 1 is 1.09 bits per heavy atom. The van der Waals surface area contributed by atoms with Crippen molar-refractivity contribution in [3.8, 4) is 0 Å². The fraction of sp³-hybridized carbons (Fsp3) is 0.750. The first-order chi connectivity index (χ1) is 5.25. The van der Waals surface area contributed by atoms with E-state index in [9.17, 15) is 9.59 Å². The number of nitrogens with one attached hydrogen (secondary N) is 1. The van der Waals surface area contributed by atoms with Gasteiger partial charge in [0.25, 0.3) is 0 Å². The smallest absolute Gasteiger partial charge is 0.220 e. The minimum atomic E-state index is 0.112. The Balaban J connectivity index is 2.08. The van der Waals surface area contributed by atoms with Crippen LogP contribution in [0.3, 0.4) is 0 Å². The number of amides is 1. The number of carbonyl (C=O) groups is 2. The highest BCUT2D eigenvalue weighted by Crippen LogP contribution is 2.33. The van der Waals surface area contributed by atoms with Crippen molar-refractivity contribution in [2.75, 3.05) is 6.54 Å².